The summed E-state index contributed by atoms with van der Waals surface area (Å²) < 4.78 is 0. The predicted octanol–water partition coefficient (Wildman–Crippen LogP) is 0.843. The highest BCUT2D eigenvalue weighted by Gasteiger charge is 2.37. The van der Waals surface area contributed by atoms with Gasteiger partial charge in [0.25, 0.3) is 0 Å². The van der Waals surface area contributed by atoms with Gasteiger partial charge >= 0.3 is 0 Å². The first-order chi connectivity index (χ1) is 13.6. The molecule has 1 saturated heterocycles. The lowest BCUT2D eigenvalue weighted by Crippen LogP contribution is -2.59. The van der Waals surface area contributed by atoms with Crippen molar-refractivity contribution in [3.05, 3.63) is 24.3 Å². The zero-order valence-corrected chi connectivity index (χ0v) is 18.3. The van der Waals surface area contributed by atoms with Crippen LogP contribution in [0.2, 0.25) is 0 Å². The van der Waals surface area contributed by atoms with Gasteiger partial charge < -0.3 is 20.4 Å². The molecule has 0 unspecified atom stereocenters. The fourth-order valence-electron chi connectivity index (χ4n) is 3.25. The summed E-state index contributed by atoms with van der Waals surface area (Å²) in [7, 11) is 3.14. The van der Waals surface area contributed by atoms with E-state index < -0.39 is 18.1 Å². The van der Waals surface area contributed by atoms with Crippen LogP contribution in [-0.4, -0.2) is 72.2 Å². The highest BCUT2D eigenvalue weighted by molar-refractivity contribution is 5.96. The van der Waals surface area contributed by atoms with Gasteiger partial charge in [0, 0.05) is 26.7 Å². The lowest BCUT2D eigenvalue weighted by molar-refractivity contribution is -0.150. The second-order valence-corrected chi connectivity index (χ2v) is 7.64. The van der Waals surface area contributed by atoms with Gasteiger partial charge in [0.15, 0.2) is 0 Å². The molecule has 0 aliphatic carbocycles. The number of carbonyl (C=O) groups is 4. The molecule has 1 rings (SSSR count). The summed E-state index contributed by atoms with van der Waals surface area (Å²) in [5, 5.41) is 5.52. The fraction of sp³-hybridized carbons (Fsp3) is 0.619. The van der Waals surface area contributed by atoms with Crippen molar-refractivity contribution in [2.75, 3.05) is 20.6 Å². The van der Waals surface area contributed by atoms with Crippen LogP contribution in [0.5, 0.6) is 0 Å². The fourth-order valence-corrected chi connectivity index (χ4v) is 3.25. The first-order valence-corrected chi connectivity index (χ1v) is 10.0. The zero-order chi connectivity index (χ0) is 22.1. The summed E-state index contributed by atoms with van der Waals surface area (Å²) in [5.74, 6) is -1.42. The van der Waals surface area contributed by atoms with Crippen molar-refractivity contribution in [2.24, 2.45) is 5.92 Å². The Kier molecular flexibility index (Phi) is 9.58. The van der Waals surface area contributed by atoms with Crippen LogP contribution >= 0.6 is 0 Å². The Morgan fingerprint density at radius 1 is 1.14 bits per heavy atom. The molecule has 0 aromatic heterocycles. The second-order valence-electron chi connectivity index (χ2n) is 7.64. The van der Waals surface area contributed by atoms with Crippen molar-refractivity contribution in [3.63, 3.8) is 0 Å². The largest absolute Gasteiger partial charge is 0.354 e. The van der Waals surface area contributed by atoms with E-state index in [-0.39, 0.29) is 29.5 Å². The average Bonchev–Trinajstić information content (AvgIpc) is 2.67. The van der Waals surface area contributed by atoms with Crippen molar-refractivity contribution in [2.45, 2.75) is 58.7 Å². The minimum absolute atomic E-state index is 0.164. The van der Waals surface area contributed by atoms with E-state index in [0.717, 1.165) is 0 Å². The number of allylic oxidation sites excluding steroid dienone is 3. The van der Waals surface area contributed by atoms with E-state index in [9.17, 15) is 19.2 Å². The number of nitrogens with one attached hydrogen (secondary N) is 2. The molecular formula is C21H34N4O4. The molecule has 0 aromatic carbocycles. The molecule has 3 atom stereocenters. The highest BCUT2D eigenvalue weighted by Crippen LogP contribution is 2.17. The third-order valence-corrected chi connectivity index (χ3v) is 5.09. The summed E-state index contributed by atoms with van der Waals surface area (Å²) in [6, 6.07) is -2.16. The van der Waals surface area contributed by atoms with Crippen molar-refractivity contribution >= 4 is 23.6 Å². The van der Waals surface area contributed by atoms with Crippen LogP contribution in [0.3, 0.4) is 0 Å². The first-order valence-electron chi connectivity index (χ1n) is 10.0. The predicted molar refractivity (Wildman–Crippen MR) is 112 cm³/mol. The van der Waals surface area contributed by atoms with Gasteiger partial charge in [-0.1, -0.05) is 32.1 Å². The second kappa shape index (κ2) is 11.4. The monoisotopic (exact) mass is 406 g/mol. The van der Waals surface area contributed by atoms with E-state index in [1.54, 1.807) is 39.2 Å². The van der Waals surface area contributed by atoms with E-state index in [4.69, 9.17) is 0 Å². The number of carbonyl (C=O) groups excluding carboxylic acids is 4. The molecule has 162 valence electrons. The summed E-state index contributed by atoms with van der Waals surface area (Å²) in [4.78, 5) is 53.5. The van der Waals surface area contributed by atoms with Gasteiger partial charge in [0.2, 0.25) is 23.6 Å². The summed E-state index contributed by atoms with van der Waals surface area (Å²) in [6.45, 7) is 7.56. The van der Waals surface area contributed by atoms with Gasteiger partial charge in [-0.25, -0.2) is 0 Å². The molecule has 0 spiro atoms. The number of rotatable bonds is 4. The van der Waals surface area contributed by atoms with Gasteiger partial charge in [-0.2, -0.15) is 0 Å². The maximum Gasteiger partial charge on any atom is 0.246 e. The molecule has 1 aliphatic rings. The van der Waals surface area contributed by atoms with Gasteiger partial charge in [-0.05, 0) is 32.6 Å². The van der Waals surface area contributed by atoms with Gasteiger partial charge in [0.05, 0.1) is 0 Å². The molecule has 1 aliphatic heterocycles. The molecule has 0 radical (unpaired) electrons. The normalized spacial score (nSPS) is 25.3. The quantitative estimate of drug-likeness (QED) is 0.534. The lowest BCUT2D eigenvalue weighted by Gasteiger charge is -2.37. The Morgan fingerprint density at radius 2 is 1.79 bits per heavy atom. The van der Waals surface area contributed by atoms with E-state index in [2.05, 4.69) is 10.6 Å². The van der Waals surface area contributed by atoms with Crippen LogP contribution in [-0.2, 0) is 19.2 Å². The zero-order valence-electron chi connectivity index (χ0n) is 18.3. The number of nitrogens with zero attached hydrogens (tertiary/aromatic N) is 2. The summed E-state index contributed by atoms with van der Waals surface area (Å²) in [5.41, 5.74) is 0. The topological polar surface area (TPSA) is 98.8 Å². The van der Waals surface area contributed by atoms with Crippen LogP contribution in [0, 0.1) is 5.92 Å². The Hall–Kier alpha value is -2.64. The van der Waals surface area contributed by atoms with Crippen molar-refractivity contribution in [1.82, 2.24) is 20.4 Å². The molecule has 2 N–H and O–H groups in total. The maximum atomic E-state index is 13.2. The molecule has 8 nitrogen and oxygen atoms in total. The number of likely N-dealkylation sites (N-methyl/N-ethyl adjacent to an activating group) is 2. The van der Waals surface area contributed by atoms with Crippen LogP contribution in [0.15, 0.2) is 24.3 Å². The minimum Gasteiger partial charge on any atom is -0.354 e. The van der Waals surface area contributed by atoms with Gasteiger partial charge in [0.1, 0.15) is 18.1 Å². The van der Waals surface area contributed by atoms with E-state index in [0.29, 0.717) is 19.4 Å². The first kappa shape index (κ1) is 24.4. The van der Waals surface area contributed by atoms with Gasteiger partial charge in [-0.15, -0.1) is 0 Å². The molecule has 8 heteroatoms. The molecular weight excluding hydrogens is 372 g/mol. The Morgan fingerprint density at radius 3 is 2.38 bits per heavy atom. The van der Waals surface area contributed by atoms with Crippen molar-refractivity contribution in [3.8, 4) is 0 Å². The van der Waals surface area contributed by atoms with E-state index >= 15 is 0 Å². The maximum absolute atomic E-state index is 13.2. The van der Waals surface area contributed by atoms with Crippen LogP contribution < -0.4 is 10.6 Å². The Bertz CT molecular complexity index is 672. The van der Waals surface area contributed by atoms with Crippen LogP contribution in [0.4, 0.5) is 0 Å². The highest BCUT2D eigenvalue weighted by atomic mass is 16.2. The SMILES string of the molecule is C/C=C/C=C/C(=O)N[C@H]1CCCNC(=O)[C@H](C)N(C)C(=O)[C@H](C(C)C)N(C)C1=O. The molecule has 1 fully saturated rings. The van der Waals surface area contributed by atoms with Gasteiger partial charge in [-0.3, -0.25) is 19.2 Å². The molecule has 4 amide bonds. The number of hydrogen-bond acceptors (Lipinski definition) is 4. The molecule has 0 bridgehead atoms. The Labute approximate surface area is 173 Å². The average molecular weight is 407 g/mol. The standard InChI is InChI=1S/C21H34N4O4/c1-7-8-9-12-17(26)23-16-11-10-13-22-19(27)15(4)24(5)21(29)18(14(2)3)25(6)20(16)28/h7-9,12,14-16,18H,10-11,13H2,1-6H3,(H,22,27)(H,23,26)/b8-7+,12-9+/t15-,16-,18-/m0/s1. The smallest absolute Gasteiger partial charge is 0.246 e. The molecule has 0 saturated carbocycles. The Balaban J connectivity index is 3.17. The molecule has 29 heavy (non-hydrogen) atoms. The third-order valence-electron chi connectivity index (χ3n) is 5.09. The van der Waals surface area contributed by atoms with E-state index in [1.165, 1.54) is 15.9 Å². The van der Waals surface area contributed by atoms with Crippen LogP contribution in [0.25, 0.3) is 0 Å². The van der Waals surface area contributed by atoms with Crippen LogP contribution in [0.1, 0.15) is 40.5 Å². The molecule has 1 heterocycles. The van der Waals surface area contributed by atoms with Crippen molar-refractivity contribution in [1.29, 1.82) is 0 Å². The minimum atomic E-state index is -0.782. The lowest BCUT2D eigenvalue weighted by atomic mass is 9.98. The van der Waals surface area contributed by atoms with Crippen molar-refractivity contribution < 1.29 is 19.2 Å². The van der Waals surface area contributed by atoms with E-state index in [1.807, 2.05) is 20.8 Å². The number of amides is 4. The number of hydrogen-bond donors (Lipinski definition) is 2. The molecule has 0 aromatic rings. The summed E-state index contributed by atoms with van der Waals surface area (Å²) in [6.07, 6.45) is 7.33. The summed E-state index contributed by atoms with van der Waals surface area (Å²) >= 11 is 0. The third kappa shape index (κ3) is 6.73.